The van der Waals surface area contributed by atoms with E-state index in [0.29, 0.717) is 10.8 Å². The normalized spacial score (nSPS) is 10.4. The summed E-state index contributed by atoms with van der Waals surface area (Å²) in [6.07, 6.45) is 0. The fourth-order valence-corrected chi connectivity index (χ4v) is 1.65. The number of benzene rings is 1. The third kappa shape index (κ3) is 1.82. The van der Waals surface area contributed by atoms with Crippen LogP contribution in [-0.2, 0) is 0 Å². The van der Waals surface area contributed by atoms with Crippen molar-refractivity contribution in [3.63, 3.8) is 0 Å². The van der Waals surface area contributed by atoms with Crippen LogP contribution in [0.15, 0.2) is 34.7 Å². The van der Waals surface area contributed by atoms with Crippen molar-refractivity contribution in [2.24, 2.45) is 0 Å². The number of halogens is 1. The number of furan rings is 1. The average Bonchev–Trinajstić information content (AvgIpc) is 2.71. The van der Waals surface area contributed by atoms with Gasteiger partial charge < -0.3 is 9.52 Å². The van der Waals surface area contributed by atoms with Crippen LogP contribution in [0.3, 0.4) is 0 Å². The van der Waals surface area contributed by atoms with Gasteiger partial charge in [-0.3, -0.25) is 0 Å². The molecule has 2 aromatic rings. The Hall–Kier alpha value is -1.74. The molecule has 2 rings (SSSR count). The zero-order valence-corrected chi connectivity index (χ0v) is 9.28. The molecule has 0 radical (unpaired) electrons. The van der Waals surface area contributed by atoms with Gasteiger partial charge in [-0.2, -0.15) is 0 Å². The standard InChI is InChI=1S/C12H9ClO3/c1-7-8(3-2-4-9(7)13)10-5-6-11(16-10)12(14)15/h2-6H,1H3,(H,14,15). The number of carbonyl (C=O) groups is 1. The molecule has 0 amide bonds. The van der Waals surface area contributed by atoms with Crippen LogP contribution in [0.25, 0.3) is 11.3 Å². The van der Waals surface area contributed by atoms with E-state index in [4.69, 9.17) is 21.1 Å². The van der Waals surface area contributed by atoms with Crippen molar-refractivity contribution in [3.8, 4) is 11.3 Å². The van der Waals surface area contributed by atoms with Gasteiger partial charge in [0.1, 0.15) is 5.76 Å². The van der Waals surface area contributed by atoms with Crippen LogP contribution in [0.2, 0.25) is 5.02 Å². The van der Waals surface area contributed by atoms with Gasteiger partial charge in [0.2, 0.25) is 5.76 Å². The van der Waals surface area contributed by atoms with Crippen molar-refractivity contribution >= 4 is 17.6 Å². The highest BCUT2D eigenvalue weighted by molar-refractivity contribution is 6.31. The summed E-state index contributed by atoms with van der Waals surface area (Å²) >= 11 is 5.98. The lowest BCUT2D eigenvalue weighted by Gasteiger charge is -2.03. The molecule has 4 heteroatoms. The predicted octanol–water partition coefficient (Wildman–Crippen LogP) is 3.61. The molecular formula is C12H9ClO3. The molecule has 1 aromatic carbocycles. The van der Waals surface area contributed by atoms with Gasteiger partial charge in [-0.15, -0.1) is 0 Å². The van der Waals surface area contributed by atoms with Crippen molar-refractivity contribution < 1.29 is 14.3 Å². The molecule has 3 nitrogen and oxygen atoms in total. The Labute approximate surface area is 97.3 Å². The molecule has 16 heavy (non-hydrogen) atoms. The third-order valence-electron chi connectivity index (χ3n) is 2.35. The number of carboxylic acid groups (broad SMARTS) is 1. The van der Waals surface area contributed by atoms with Gasteiger partial charge in [-0.1, -0.05) is 23.7 Å². The Kier molecular flexibility index (Phi) is 2.71. The van der Waals surface area contributed by atoms with E-state index in [1.54, 1.807) is 18.2 Å². The molecule has 0 aliphatic carbocycles. The maximum atomic E-state index is 10.7. The van der Waals surface area contributed by atoms with Crippen molar-refractivity contribution in [3.05, 3.63) is 46.7 Å². The van der Waals surface area contributed by atoms with Gasteiger partial charge in [0, 0.05) is 10.6 Å². The molecule has 0 aliphatic heterocycles. The smallest absolute Gasteiger partial charge is 0.371 e. The number of carboxylic acids is 1. The van der Waals surface area contributed by atoms with Crippen LogP contribution in [0.5, 0.6) is 0 Å². The molecule has 0 aliphatic rings. The van der Waals surface area contributed by atoms with Crippen molar-refractivity contribution in [2.75, 3.05) is 0 Å². The maximum absolute atomic E-state index is 10.7. The van der Waals surface area contributed by atoms with E-state index >= 15 is 0 Å². The first-order valence-electron chi connectivity index (χ1n) is 4.68. The molecule has 1 N–H and O–H groups in total. The number of aromatic carboxylic acids is 1. The number of rotatable bonds is 2. The quantitative estimate of drug-likeness (QED) is 0.867. The Balaban J connectivity index is 2.50. The molecule has 0 saturated heterocycles. The highest BCUT2D eigenvalue weighted by Crippen LogP contribution is 2.29. The largest absolute Gasteiger partial charge is 0.475 e. The summed E-state index contributed by atoms with van der Waals surface area (Å²) < 4.78 is 5.21. The molecule has 0 saturated carbocycles. The number of hydrogen-bond donors (Lipinski definition) is 1. The van der Waals surface area contributed by atoms with Gasteiger partial charge >= 0.3 is 5.97 Å². The molecule has 1 aromatic heterocycles. The Morgan fingerprint density at radius 1 is 1.31 bits per heavy atom. The van der Waals surface area contributed by atoms with E-state index < -0.39 is 5.97 Å². The summed E-state index contributed by atoms with van der Waals surface area (Å²) in [5.74, 6) is -0.641. The van der Waals surface area contributed by atoms with Crippen LogP contribution in [-0.4, -0.2) is 11.1 Å². The lowest BCUT2D eigenvalue weighted by molar-refractivity contribution is 0.0663. The zero-order valence-electron chi connectivity index (χ0n) is 8.53. The van der Waals surface area contributed by atoms with E-state index in [2.05, 4.69) is 0 Å². The molecule has 0 bridgehead atoms. The Morgan fingerprint density at radius 2 is 2.06 bits per heavy atom. The van der Waals surface area contributed by atoms with Crippen LogP contribution < -0.4 is 0 Å². The molecule has 82 valence electrons. The van der Waals surface area contributed by atoms with Crippen LogP contribution in [0.4, 0.5) is 0 Å². The number of hydrogen-bond acceptors (Lipinski definition) is 2. The predicted molar refractivity (Wildman–Crippen MR) is 60.9 cm³/mol. The minimum absolute atomic E-state index is 0.0747. The second-order valence-corrected chi connectivity index (χ2v) is 3.79. The van der Waals surface area contributed by atoms with Crippen molar-refractivity contribution in [1.82, 2.24) is 0 Å². The summed E-state index contributed by atoms with van der Waals surface area (Å²) in [6.45, 7) is 1.86. The lowest BCUT2D eigenvalue weighted by atomic mass is 10.1. The second kappa shape index (κ2) is 4.02. The highest BCUT2D eigenvalue weighted by atomic mass is 35.5. The molecular weight excluding hydrogens is 228 g/mol. The van der Waals surface area contributed by atoms with Crippen LogP contribution in [0, 0.1) is 6.92 Å². The van der Waals surface area contributed by atoms with Gasteiger partial charge in [-0.05, 0) is 30.7 Å². The zero-order chi connectivity index (χ0) is 11.7. The van der Waals surface area contributed by atoms with E-state index in [1.807, 2.05) is 13.0 Å². The lowest BCUT2D eigenvalue weighted by Crippen LogP contribution is -1.91. The summed E-state index contributed by atoms with van der Waals surface area (Å²) in [6, 6.07) is 8.47. The first kappa shape index (κ1) is 10.8. The van der Waals surface area contributed by atoms with E-state index in [9.17, 15) is 4.79 Å². The van der Waals surface area contributed by atoms with Crippen LogP contribution >= 0.6 is 11.6 Å². The van der Waals surface area contributed by atoms with Crippen LogP contribution in [0.1, 0.15) is 16.1 Å². The van der Waals surface area contributed by atoms with E-state index in [0.717, 1.165) is 11.1 Å². The Morgan fingerprint density at radius 3 is 2.69 bits per heavy atom. The Bertz CT molecular complexity index is 543. The average molecular weight is 237 g/mol. The summed E-state index contributed by atoms with van der Waals surface area (Å²) in [5, 5.41) is 9.38. The maximum Gasteiger partial charge on any atom is 0.371 e. The summed E-state index contributed by atoms with van der Waals surface area (Å²) in [4.78, 5) is 10.7. The first-order valence-corrected chi connectivity index (χ1v) is 5.06. The highest BCUT2D eigenvalue weighted by Gasteiger charge is 2.12. The van der Waals surface area contributed by atoms with Gasteiger partial charge in [0.05, 0.1) is 0 Å². The van der Waals surface area contributed by atoms with Gasteiger partial charge in [0.15, 0.2) is 0 Å². The third-order valence-corrected chi connectivity index (χ3v) is 2.76. The van der Waals surface area contributed by atoms with Crippen molar-refractivity contribution in [2.45, 2.75) is 6.92 Å². The molecule has 1 heterocycles. The van der Waals surface area contributed by atoms with Crippen molar-refractivity contribution in [1.29, 1.82) is 0 Å². The topological polar surface area (TPSA) is 50.4 Å². The molecule has 0 atom stereocenters. The molecule has 0 fully saturated rings. The molecule has 0 spiro atoms. The summed E-state index contributed by atoms with van der Waals surface area (Å²) in [7, 11) is 0. The minimum Gasteiger partial charge on any atom is -0.475 e. The minimum atomic E-state index is -1.08. The SMILES string of the molecule is Cc1c(Cl)cccc1-c1ccc(C(=O)O)o1. The fourth-order valence-electron chi connectivity index (χ4n) is 1.47. The van der Waals surface area contributed by atoms with Gasteiger partial charge in [0.25, 0.3) is 0 Å². The van der Waals surface area contributed by atoms with E-state index in [-0.39, 0.29) is 5.76 Å². The monoisotopic (exact) mass is 236 g/mol. The fraction of sp³-hybridized carbons (Fsp3) is 0.0833. The first-order chi connectivity index (χ1) is 7.59. The molecule has 0 unspecified atom stereocenters. The summed E-state index contributed by atoms with van der Waals surface area (Å²) in [5.41, 5.74) is 1.68. The second-order valence-electron chi connectivity index (χ2n) is 3.38. The van der Waals surface area contributed by atoms with E-state index in [1.165, 1.54) is 6.07 Å². The van der Waals surface area contributed by atoms with Gasteiger partial charge in [-0.25, -0.2) is 4.79 Å².